The van der Waals surface area contributed by atoms with Gasteiger partial charge in [-0.15, -0.1) is 11.3 Å². The third-order valence-corrected chi connectivity index (χ3v) is 3.44. The molecule has 0 radical (unpaired) electrons. The van der Waals surface area contributed by atoms with Crippen LogP contribution in [0.3, 0.4) is 0 Å². The third-order valence-electron chi connectivity index (χ3n) is 1.66. The molecule has 0 saturated heterocycles. The van der Waals surface area contributed by atoms with Crippen LogP contribution in [0.15, 0.2) is 5.38 Å². The summed E-state index contributed by atoms with van der Waals surface area (Å²) < 4.78 is 0. The van der Waals surface area contributed by atoms with E-state index in [2.05, 4.69) is 33.2 Å². The van der Waals surface area contributed by atoms with Gasteiger partial charge < -0.3 is 0 Å². The first kappa shape index (κ1) is 10.2. The van der Waals surface area contributed by atoms with Crippen molar-refractivity contribution in [3.05, 3.63) is 16.1 Å². The third kappa shape index (κ3) is 3.23. The van der Waals surface area contributed by atoms with Crippen molar-refractivity contribution >= 4 is 27.3 Å². The Morgan fingerprint density at radius 2 is 2.42 bits per heavy atom. The number of hydrogen-bond acceptors (Lipinski definition) is 2. The Labute approximate surface area is 86.3 Å². The molecule has 1 heterocycles. The van der Waals surface area contributed by atoms with Crippen LogP contribution in [0.25, 0.3) is 0 Å². The number of halogens is 1. The summed E-state index contributed by atoms with van der Waals surface area (Å²) in [6.07, 6.45) is 3.55. The molecular weight excluding hydrogens is 234 g/mol. The summed E-state index contributed by atoms with van der Waals surface area (Å²) in [6.45, 7) is 4.25. The number of hydrogen-bond donors (Lipinski definition) is 0. The monoisotopic (exact) mass is 247 g/mol. The molecule has 0 aliphatic heterocycles. The molecule has 12 heavy (non-hydrogen) atoms. The number of alkyl halides is 1. The predicted molar refractivity (Wildman–Crippen MR) is 58.2 cm³/mol. The molecule has 1 atom stereocenters. The highest BCUT2D eigenvalue weighted by molar-refractivity contribution is 9.09. The highest BCUT2D eigenvalue weighted by Crippen LogP contribution is 2.17. The van der Waals surface area contributed by atoms with Gasteiger partial charge in [0.25, 0.3) is 0 Å². The first-order valence-electron chi connectivity index (χ1n) is 4.27. The van der Waals surface area contributed by atoms with E-state index in [1.807, 2.05) is 6.92 Å². The number of aryl methyl sites for hydroxylation is 1. The Morgan fingerprint density at radius 3 is 2.92 bits per heavy atom. The minimum Gasteiger partial charge on any atom is -0.247 e. The summed E-state index contributed by atoms with van der Waals surface area (Å²) in [6, 6.07) is 0. The van der Waals surface area contributed by atoms with Gasteiger partial charge in [0.2, 0.25) is 0 Å². The molecule has 1 nitrogen and oxygen atoms in total. The second-order valence-corrected chi connectivity index (χ2v) is 5.21. The maximum absolute atomic E-state index is 4.42. The van der Waals surface area contributed by atoms with Crippen molar-refractivity contribution in [1.29, 1.82) is 0 Å². The van der Waals surface area contributed by atoms with Crippen molar-refractivity contribution in [2.75, 3.05) is 0 Å². The zero-order chi connectivity index (χ0) is 8.97. The van der Waals surface area contributed by atoms with Crippen molar-refractivity contribution in [3.63, 3.8) is 0 Å². The topological polar surface area (TPSA) is 12.9 Å². The van der Waals surface area contributed by atoms with E-state index in [0.29, 0.717) is 4.83 Å². The Kier molecular flexibility index (Phi) is 4.22. The smallest absolute Gasteiger partial charge is 0.0939 e. The average Bonchev–Trinajstić information content (AvgIpc) is 2.36. The van der Waals surface area contributed by atoms with Crippen LogP contribution < -0.4 is 0 Å². The van der Waals surface area contributed by atoms with Gasteiger partial charge in [0.05, 0.1) is 5.01 Å². The molecular formula is C9H14BrNS. The van der Waals surface area contributed by atoms with Crippen LogP contribution in [0.4, 0.5) is 0 Å². The summed E-state index contributed by atoms with van der Waals surface area (Å²) >= 11 is 5.41. The summed E-state index contributed by atoms with van der Waals surface area (Å²) in [5, 5.41) is 3.36. The number of thiazole rings is 1. The molecule has 0 saturated carbocycles. The van der Waals surface area contributed by atoms with Gasteiger partial charge in [0, 0.05) is 22.3 Å². The van der Waals surface area contributed by atoms with Gasteiger partial charge in [-0.05, 0) is 13.3 Å². The molecule has 1 rings (SSSR count). The van der Waals surface area contributed by atoms with E-state index in [1.54, 1.807) is 11.3 Å². The molecule has 0 aliphatic carbocycles. The molecule has 1 aromatic heterocycles. The second-order valence-electron chi connectivity index (χ2n) is 2.97. The Bertz CT molecular complexity index is 234. The van der Waals surface area contributed by atoms with Crippen LogP contribution >= 0.6 is 27.3 Å². The summed E-state index contributed by atoms with van der Waals surface area (Å²) in [5.74, 6) is 0. The van der Waals surface area contributed by atoms with E-state index in [0.717, 1.165) is 12.1 Å². The fourth-order valence-corrected chi connectivity index (χ4v) is 2.93. The van der Waals surface area contributed by atoms with Gasteiger partial charge in [0.15, 0.2) is 0 Å². The molecule has 1 unspecified atom stereocenters. The van der Waals surface area contributed by atoms with Crippen molar-refractivity contribution in [1.82, 2.24) is 4.98 Å². The van der Waals surface area contributed by atoms with E-state index >= 15 is 0 Å². The van der Waals surface area contributed by atoms with Crippen LogP contribution in [0.1, 0.15) is 30.5 Å². The van der Waals surface area contributed by atoms with E-state index in [9.17, 15) is 0 Å². The maximum atomic E-state index is 4.42. The first-order chi connectivity index (χ1) is 5.72. The molecule has 0 aliphatic rings. The lowest BCUT2D eigenvalue weighted by Gasteiger charge is -2.04. The van der Waals surface area contributed by atoms with Crippen LogP contribution in [-0.4, -0.2) is 9.81 Å². The highest BCUT2D eigenvalue weighted by Gasteiger charge is 2.06. The molecule has 68 valence electrons. The summed E-state index contributed by atoms with van der Waals surface area (Å²) in [5.41, 5.74) is 1.14. The molecule has 0 N–H and O–H groups in total. The molecule has 0 aromatic carbocycles. The molecule has 0 amide bonds. The molecule has 3 heteroatoms. The van der Waals surface area contributed by atoms with Crippen LogP contribution in [0.2, 0.25) is 0 Å². The van der Waals surface area contributed by atoms with Crippen molar-refractivity contribution in [3.8, 4) is 0 Å². The quantitative estimate of drug-likeness (QED) is 0.742. The summed E-state index contributed by atoms with van der Waals surface area (Å²) in [7, 11) is 0. The fraction of sp³-hybridized carbons (Fsp3) is 0.667. The predicted octanol–water partition coefficient (Wildman–Crippen LogP) is 3.56. The van der Waals surface area contributed by atoms with Gasteiger partial charge >= 0.3 is 0 Å². The van der Waals surface area contributed by atoms with Crippen LogP contribution in [-0.2, 0) is 6.42 Å². The molecule has 1 aromatic rings. The maximum Gasteiger partial charge on any atom is 0.0939 e. The van der Waals surface area contributed by atoms with E-state index in [-0.39, 0.29) is 0 Å². The van der Waals surface area contributed by atoms with E-state index in [1.165, 1.54) is 17.8 Å². The Morgan fingerprint density at radius 1 is 1.67 bits per heavy atom. The fourth-order valence-electron chi connectivity index (χ4n) is 1.10. The lowest BCUT2D eigenvalue weighted by molar-refractivity contribution is 0.741. The lowest BCUT2D eigenvalue weighted by atomic mass is 10.2. The first-order valence-corrected chi connectivity index (χ1v) is 6.07. The van der Waals surface area contributed by atoms with Crippen LogP contribution in [0.5, 0.6) is 0 Å². The molecule has 0 spiro atoms. The standard InChI is InChI=1S/C9H14BrNS/c1-3-4-8(10)5-9-11-7(2)6-12-9/h6,8H,3-5H2,1-2H3. The SMILES string of the molecule is CCCC(Br)Cc1nc(C)cs1. The molecule has 0 bridgehead atoms. The van der Waals surface area contributed by atoms with Crippen molar-refractivity contribution in [2.24, 2.45) is 0 Å². The Hall–Kier alpha value is 0.110. The zero-order valence-corrected chi connectivity index (χ0v) is 9.91. The number of nitrogens with zero attached hydrogens (tertiary/aromatic N) is 1. The van der Waals surface area contributed by atoms with Crippen molar-refractivity contribution in [2.45, 2.75) is 37.9 Å². The number of rotatable bonds is 4. The number of aromatic nitrogens is 1. The zero-order valence-electron chi connectivity index (χ0n) is 7.51. The highest BCUT2D eigenvalue weighted by atomic mass is 79.9. The lowest BCUT2D eigenvalue weighted by Crippen LogP contribution is -2.01. The van der Waals surface area contributed by atoms with Crippen LogP contribution in [0, 0.1) is 6.92 Å². The largest absolute Gasteiger partial charge is 0.247 e. The molecule has 0 fully saturated rings. The second kappa shape index (κ2) is 4.97. The normalized spacial score (nSPS) is 13.2. The van der Waals surface area contributed by atoms with Gasteiger partial charge in [-0.3, -0.25) is 0 Å². The van der Waals surface area contributed by atoms with Gasteiger partial charge in [-0.2, -0.15) is 0 Å². The van der Waals surface area contributed by atoms with E-state index < -0.39 is 0 Å². The Balaban J connectivity index is 2.41. The van der Waals surface area contributed by atoms with Gasteiger partial charge in [-0.1, -0.05) is 29.3 Å². The summed E-state index contributed by atoms with van der Waals surface area (Å²) in [4.78, 5) is 5.03. The van der Waals surface area contributed by atoms with Gasteiger partial charge in [0.1, 0.15) is 0 Å². The van der Waals surface area contributed by atoms with E-state index in [4.69, 9.17) is 0 Å². The minimum absolute atomic E-state index is 0.605. The average molecular weight is 248 g/mol. The minimum atomic E-state index is 0.605. The van der Waals surface area contributed by atoms with Crippen molar-refractivity contribution < 1.29 is 0 Å². The van der Waals surface area contributed by atoms with Gasteiger partial charge in [-0.25, -0.2) is 4.98 Å².